The van der Waals surface area contributed by atoms with Crippen LogP contribution in [0.3, 0.4) is 0 Å². The monoisotopic (exact) mass is 1630 g/mol. The summed E-state index contributed by atoms with van der Waals surface area (Å²) in [4.78, 5) is 74.2. The van der Waals surface area contributed by atoms with Gasteiger partial charge in [-0.2, -0.15) is 5.10 Å². The molecule has 11 aromatic rings. The number of nitrogens with one attached hydrogen (secondary N) is 2. The smallest absolute Gasteiger partial charge is 0.345 e. The molecule has 6 heterocycles. The number of nitrogens with two attached hydrogens (primary N) is 1. The number of hydrazone groups is 1. The summed E-state index contributed by atoms with van der Waals surface area (Å²) in [6, 6.07) is 42.9. The van der Waals surface area contributed by atoms with E-state index in [9.17, 15) is 54.3 Å². The van der Waals surface area contributed by atoms with Crippen LogP contribution in [0.4, 0.5) is 34.1 Å². The number of carbonyl (C=O) groups is 4. The highest BCUT2D eigenvalue weighted by Gasteiger charge is 2.45. The highest BCUT2D eigenvalue weighted by Crippen LogP contribution is 2.53. The highest BCUT2D eigenvalue weighted by atomic mass is 79.9. The maximum atomic E-state index is 13.3. The Bertz CT molecular complexity index is 5530. The number of amides is 1. The van der Waals surface area contributed by atoms with Crippen LogP contribution in [0.15, 0.2) is 181 Å². The first kappa shape index (κ1) is 83.3. The van der Waals surface area contributed by atoms with Crippen LogP contribution in [0.2, 0.25) is 0 Å². The van der Waals surface area contributed by atoms with Crippen molar-refractivity contribution < 1.29 is 49.8 Å². The molecule has 15 rings (SSSR count). The van der Waals surface area contributed by atoms with Gasteiger partial charge in [0.05, 0.1) is 40.6 Å². The second kappa shape index (κ2) is 31.2. The third-order valence-electron chi connectivity index (χ3n) is 20.7. The molecule has 0 atom stereocenters. The number of phenolic OH excluding ortho intramolecular Hbond substituents is 3. The summed E-state index contributed by atoms with van der Waals surface area (Å²) in [5.41, 5.74) is 19.9. The van der Waals surface area contributed by atoms with E-state index in [2.05, 4.69) is 155 Å². The number of hydrogen-bond donors (Lipinski definition) is 9. The molecule has 112 heavy (non-hydrogen) atoms. The molecule has 0 fully saturated rings. The second-order valence-corrected chi connectivity index (χ2v) is 35.3. The number of carboxylic acid groups (broad SMARTS) is 3. The van der Waals surface area contributed by atoms with Crippen molar-refractivity contribution in [3.8, 4) is 59.9 Å². The molecule has 1 aliphatic heterocycles. The van der Waals surface area contributed by atoms with Crippen molar-refractivity contribution in [2.24, 2.45) is 25.6 Å². The zero-order valence-corrected chi connectivity index (χ0v) is 68.3. The quantitative estimate of drug-likeness (QED) is 0.0295. The van der Waals surface area contributed by atoms with Gasteiger partial charge in [0, 0.05) is 37.0 Å². The minimum atomic E-state index is -1.03. The second-order valence-electron chi connectivity index (χ2n) is 32.1. The van der Waals surface area contributed by atoms with Gasteiger partial charge < -0.3 is 36.4 Å². The summed E-state index contributed by atoms with van der Waals surface area (Å²) in [6.07, 6.45) is 3.63. The van der Waals surface area contributed by atoms with Crippen molar-refractivity contribution in [3.05, 3.63) is 226 Å². The van der Waals surface area contributed by atoms with Gasteiger partial charge in [-0.3, -0.25) is 24.6 Å². The first-order chi connectivity index (χ1) is 51.6. The third kappa shape index (κ3) is 16.3. The summed E-state index contributed by atoms with van der Waals surface area (Å²) in [5.74, 6) is -3.25. The first-order valence-corrected chi connectivity index (χ1v) is 38.0. The predicted octanol–water partition coefficient (Wildman–Crippen LogP) is 21.3. The van der Waals surface area contributed by atoms with Gasteiger partial charge in [0.1, 0.15) is 31.8 Å². The van der Waals surface area contributed by atoms with Gasteiger partial charge in [0.15, 0.2) is 22.9 Å². The molecule has 23 nitrogen and oxygen atoms in total. The van der Waals surface area contributed by atoms with Crippen LogP contribution in [0.5, 0.6) is 17.2 Å². The molecule has 0 unspecified atom stereocenters. The molecule has 0 spiro atoms. The van der Waals surface area contributed by atoms with E-state index in [0.29, 0.717) is 49.1 Å². The summed E-state index contributed by atoms with van der Waals surface area (Å²) >= 11 is 3.21. The molecule has 6 aromatic carbocycles. The lowest BCUT2D eigenvalue weighted by molar-refractivity contribution is -0.116. The predicted molar refractivity (Wildman–Crippen MR) is 451 cm³/mol. The van der Waals surface area contributed by atoms with Crippen molar-refractivity contribution in [2.45, 2.75) is 169 Å². The third-order valence-corrected chi connectivity index (χ3v) is 24.0. The number of halogens is 1. The molecule has 0 radical (unpaired) electrons. The minimum Gasteiger partial charge on any atom is -0.505 e. The van der Waals surface area contributed by atoms with Gasteiger partial charge in [-0.05, 0) is 215 Å². The van der Waals surface area contributed by atoms with E-state index in [-0.39, 0.29) is 134 Å². The average Bonchev–Trinajstić information content (AvgIpc) is 1.59. The van der Waals surface area contributed by atoms with E-state index in [1.165, 1.54) is 60.9 Å². The largest absolute Gasteiger partial charge is 0.505 e. The number of fused-ring (bicyclic) bond motifs is 3. The van der Waals surface area contributed by atoms with E-state index < -0.39 is 17.9 Å². The van der Waals surface area contributed by atoms with Crippen molar-refractivity contribution in [1.29, 1.82) is 0 Å². The number of aromatic nitrogens is 4. The molecule has 5 aromatic heterocycles. The summed E-state index contributed by atoms with van der Waals surface area (Å²) in [5, 5.41) is 87.3. The fraction of sp³-hybridized carbons (Fsp3) is 0.306. The number of carbonyl (C=O) groups excluding carboxylic acids is 1. The fourth-order valence-electron chi connectivity index (χ4n) is 16.2. The number of rotatable bonds is 13. The lowest BCUT2D eigenvalue weighted by Crippen LogP contribution is -2.20. The zero-order valence-electron chi connectivity index (χ0n) is 64.1. The van der Waals surface area contributed by atoms with E-state index in [1.807, 2.05) is 25.1 Å². The Hall–Kier alpha value is -11.1. The van der Waals surface area contributed by atoms with Gasteiger partial charge in [0.25, 0.3) is 17.0 Å². The number of aryl methyl sites for hydroxylation is 2. The molecule has 3 aliphatic carbocycles. The first-order valence-electron chi connectivity index (χ1n) is 35.6. The van der Waals surface area contributed by atoms with Crippen LogP contribution in [-0.2, 0) is 37.3 Å². The number of nitrogen functional groups attached to an aromatic ring is 1. The molecule has 0 saturated heterocycles. The lowest BCUT2D eigenvalue weighted by Gasteiger charge is -2.22. The van der Waals surface area contributed by atoms with Crippen LogP contribution in [0.25, 0.3) is 42.7 Å². The molecule has 1 amide bonds. The van der Waals surface area contributed by atoms with Gasteiger partial charge >= 0.3 is 17.9 Å². The van der Waals surface area contributed by atoms with Crippen LogP contribution < -0.4 is 21.9 Å². The number of phenols is 3. The standard InChI is InChI=1S/2C28H28N4O4S.C17H22N2O.C11H9NO3S.CH4.BrH/c2*1-15-23(30-29-20-8-6-7-17(24(20)33)21-11-12-22(37-21)26(35)36)25(34)32(31-15)16-9-10-18-19(13-16)28(4,5)14-27(18,2)3;1-11-8-15(20)19(18-11)12-6-7-13-14(9-12)17(4,5)10-16(13,2)3;12-7-3-1-2-6(10(7)13)8-4-5-9(16-8)11(14)15;;/h2*6-13,31,33H,14H2,1-5H3,(H,35,36);6-7,9H,8,10H2,1-5H3;1-5,13H,12H2,(H,14,15);1H4;1H. The molecule has 10 N–H and O–H groups in total. The van der Waals surface area contributed by atoms with E-state index in [0.717, 1.165) is 76.0 Å². The number of aromatic hydroxyl groups is 3. The molecule has 0 saturated carbocycles. The molecular formula is C85H92BrN11O12S3. The Morgan fingerprint density at radius 2 is 0.759 bits per heavy atom. The van der Waals surface area contributed by atoms with Crippen LogP contribution in [0.1, 0.15) is 197 Å². The Morgan fingerprint density at radius 1 is 0.438 bits per heavy atom. The number of benzene rings is 6. The minimum absolute atomic E-state index is 0. The van der Waals surface area contributed by atoms with Crippen molar-refractivity contribution >= 4 is 115 Å². The number of hydrogen-bond acceptors (Lipinski definition) is 18. The van der Waals surface area contributed by atoms with Crippen LogP contribution in [-0.4, -0.2) is 79.7 Å². The van der Waals surface area contributed by atoms with Gasteiger partial charge in [-0.15, -0.1) is 71.4 Å². The zero-order chi connectivity index (χ0) is 79.8. The highest BCUT2D eigenvalue weighted by molar-refractivity contribution is 8.93. The van der Waals surface area contributed by atoms with Gasteiger partial charge in [0.2, 0.25) is 0 Å². The molecular weight excluding hydrogens is 1540 g/mol. The number of H-pyrrole nitrogens is 2. The van der Waals surface area contributed by atoms with Crippen LogP contribution in [0, 0.1) is 13.8 Å². The van der Waals surface area contributed by atoms with E-state index in [1.54, 1.807) is 91.7 Å². The number of azo groups is 2. The van der Waals surface area contributed by atoms with Crippen molar-refractivity contribution in [2.75, 3.05) is 10.7 Å². The SMILES string of the molecule is Br.C.CC1=NN(c2ccc3c(c2)C(C)(C)CC3(C)C)C(=O)C1.Cc1[nH]n(-c2ccc3c(c2)C(C)(C)CC3(C)C)c(=O)c1N=Nc1cccc(-c2ccc(C(=O)O)s2)c1O.Cc1[nH]n(-c2ccc3c(c2)C(C)(C)CC3(C)C)c(=O)c1N=Nc1cccc(-c2ccc(C(=O)O)s2)c1O.Nc1cccc(-c2ccc(C(=O)O)s2)c1O. The topological polar surface area (TPSA) is 356 Å². The lowest BCUT2D eigenvalue weighted by atomic mass is 9.82. The van der Waals surface area contributed by atoms with Crippen molar-refractivity contribution in [3.63, 3.8) is 0 Å². The molecule has 27 heteroatoms. The maximum Gasteiger partial charge on any atom is 0.345 e. The fourth-order valence-corrected chi connectivity index (χ4v) is 18.8. The number of nitrogens with zero attached hydrogens (tertiary/aromatic N) is 8. The summed E-state index contributed by atoms with van der Waals surface area (Å²) in [6.45, 7) is 32.5. The maximum absolute atomic E-state index is 13.3. The molecule has 4 aliphatic rings. The van der Waals surface area contributed by atoms with Crippen molar-refractivity contribution in [1.82, 2.24) is 19.6 Å². The Labute approximate surface area is 671 Å². The molecule has 584 valence electrons. The number of aromatic amines is 2. The average molecular weight is 1640 g/mol. The number of thiophene rings is 3. The Balaban J connectivity index is 0.000000166. The number of anilines is 2. The van der Waals surface area contributed by atoms with Gasteiger partial charge in [-0.25, -0.2) is 28.8 Å². The summed E-state index contributed by atoms with van der Waals surface area (Å²) < 4.78 is 2.95. The van der Waals surface area contributed by atoms with E-state index >= 15 is 0 Å². The number of carboxylic acids is 3. The number of aromatic carboxylic acids is 3. The van der Waals surface area contributed by atoms with Gasteiger partial charge in [-0.1, -0.05) is 127 Å². The number of para-hydroxylation sites is 3. The van der Waals surface area contributed by atoms with Crippen LogP contribution >= 0.6 is 51.0 Å². The normalized spacial score (nSPS) is 16.0. The summed E-state index contributed by atoms with van der Waals surface area (Å²) in [7, 11) is 0. The van der Waals surface area contributed by atoms with E-state index in [4.69, 9.17) is 10.8 Å². The Morgan fingerprint density at radius 3 is 1.09 bits per heavy atom. The molecule has 0 bridgehead atoms. The Kier molecular flexibility index (Phi) is 23.2.